The third-order valence-electron chi connectivity index (χ3n) is 2.83. The first-order chi connectivity index (χ1) is 9.39. The molecule has 2 N–H and O–H groups in total. The highest BCUT2D eigenvalue weighted by Gasteiger charge is 2.18. The second-order valence-corrected chi connectivity index (χ2v) is 5.25. The molecule has 1 aromatic rings. The molecule has 6 heteroatoms. The van der Waals surface area contributed by atoms with E-state index in [-0.39, 0.29) is 23.5 Å². The molecule has 0 radical (unpaired) electrons. The Kier molecular flexibility index (Phi) is 6.16. The van der Waals surface area contributed by atoms with E-state index in [9.17, 15) is 8.78 Å². The summed E-state index contributed by atoms with van der Waals surface area (Å²) in [6.45, 7) is 1.85. The Morgan fingerprint density at radius 2 is 2.05 bits per heavy atom. The summed E-state index contributed by atoms with van der Waals surface area (Å²) in [6.07, 6.45) is 0. The third kappa shape index (κ3) is 4.94. The Morgan fingerprint density at radius 1 is 1.35 bits per heavy atom. The molecule has 0 aliphatic heterocycles. The van der Waals surface area contributed by atoms with Gasteiger partial charge in [-0.25, -0.2) is 0 Å². The number of halogens is 2. The first-order valence-corrected chi connectivity index (χ1v) is 6.32. The maximum absolute atomic E-state index is 12.5. The first kappa shape index (κ1) is 16.7. The number of aliphatic hydroxyl groups excluding tert-OH is 1. The van der Waals surface area contributed by atoms with Crippen molar-refractivity contribution in [2.75, 3.05) is 20.3 Å². The Morgan fingerprint density at radius 3 is 2.60 bits per heavy atom. The molecule has 0 bridgehead atoms. The minimum atomic E-state index is -2.90. The van der Waals surface area contributed by atoms with Gasteiger partial charge in [-0.1, -0.05) is 26.0 Å². The van der Waals surface area contributed by atoms with Gasteiger partial charge in [0.05, 0.1) is 7.11 Å². The van der Waals surface area contributed by atoms with Crippen LogP contribution in [0.1, 0.15) is 19.4 Å². The summed E-state index contributed by atoms with van der Waals surface area (Å²) in [4.78, 5) is 0. The maximum atomic E-state index is 12.5. The molecule has 0 unspecified atom stereocenters. The van der Waals surface area contributed by atoms with E-state index >= 15 is 0 Å². The number of hydrogen-bond acceptors (Lipinski definition) is 4. The highest BCUT2D eigenvalue weighted by Crippen LogP contribution is 2.32. The van der Waals surface area contributed by atoms with Crippen LogP contribution in [0, 0.1) is 5.41 Å². The molecule has 0 aliphatic rings. The molecule has 0 aromatic heterocycles. The second-order valence-electron chi connectivity index (χ2n) is 5.25. The van der Waals surface area contributed by atoms with Gasteiger partial charge in [-0.3, -0.25) is 0 Å². The minimum absolute atomic E-state index is 0.0402. The van der Waals surface area contributed by atoms with Crippen molar-refractivity contribution in [1.29, 1.82) is 0 Å². The Balaban J connectivity index is 2.78. The van der Waals surface area contributed by atoms with Crippen molar-refractivity contribution in [2.45, 2.75) is 27.0 Å². The smallest absolute Gasteiger partial charge is 0.387 e. The largest absolute Gasteiger partial charge is 0.493 e. The summed E-state index contributed by atoms with van der Waals surface area (Å²) in [5.74, 6) is 0.310. The Bertz CT molecular complexity index is 425. The van der Waals surface area contributed by atoms with Crippen molar-refractivity contribution in [3.63, 3.8) is 0 Å². The van der Waals surface area contributed by atoms with E-state index in [1.54, 1.807) is 18.2 Å². The summed E-state index contributed by atoms with van der Waals surface area (Å²) < 4.78 is 34.5. The number of rotatable bonds is 8. The summed E-state index contributed by atoms with van der Waals surface area (Å²) in [7, 11) is 1.40. The number of nitrogens with one attached hydrogen (secondary N) is 1. The normalized spacial score (nSPS) is 11.8. The molecular weight excluding hydrogens is 268 g/mol. The number of benzene rings is 1. The van der Waals surface area contributed by atoms with Gasteiger partial charge in [0.25, 0.3) is 0 Å². The van der Waals surface area contributed by atoms with Gasteiger partial charge >= 0.3 is 6.61 Å². The average Bonchev–Trinajstić information content (AvgIpc) is 2.39. The van der Waals surface area contributed by atoms with Gasteiger partial charge < -0.3 is 19.9 Å². The molecule has 4 nitrogen and oxygen atoms in total. The Hall–Kier alpha value is -1.40. The molecule has 0 aliphatic carbocycles. The molecule has 0 fully saturated rings. The van der Waals surface area contributed by atoms with Gasteiger partial charge in [0, 0.05) is 30.7 Å². The predicted octanol–water partition coefficient (Wildman–Crippen LogP) is 2.40. The highest BCUT2D eigenvalue weighted by molar-refractivity contribution is 5.46. The van der Waals surface area contributed by atoms with E-state index in [0.717, 1.165) is 0 Å². The fourth-order valence-electron chi connectivity index (χ4n) is 1.68. The number of ether oxygens (including phenoxy) is 2. The zero-order valence-electron chi connectivity index (χ0n) is 12.0. The lowest BCUT2D eigenvalue weighted by Gasteiger charge is -2.22. The fourth-order valence-corrected chi connectivity index (χ4v) is 1.68. The number of para-hydroxylation sites is 1. The molecule has 0 amide bonds. The van der Waals surface area contributed by atoms with Crippen LogP contribution in [0.4, 0.5) is 8.78 Å². The number of hydrogen-bond donors (Lipinski definition) is 2. The topological polar surface area (TPSA) is 50.7 Å². The summed E-state index contributed by atoms with van der Waals surface area (Å²) in [5, 5.41) is 12.3. The lowest BCUT2D eigenvalue weighted by Crippen LogP contribution is -2.32. The van der Waals surface area contributed by atoms with E-state index in [1.165, 1.54) is 7.11 Å². The van der Waals surface area contributed by atoms with Gasteiger partial charge in [-0.2, -0.15) is 8.78 Å². The van der Waals surface area contributed by atoms with Crippen LogP contribution in [0.25, 0.3) is 0 Å². The molecule has 20 heavy (non-hydrogen) atoms. The monoisotopic (exact) mass is 289 g/mol. The molecule has 1 rings (SSSR count). The van der Waals surface area contributed by atoms with E-state index < -0.39 is 6.61 Å². The third-order valence-corrected chi connectivity index (χ3v) is 2.83. The lowest BCUT2D eigenvalue weighted by molar-refractivity contribution is -0.0519. The van der Waals surface area contributed by atoms with Crippen LogP contribution in [0.2, 0.25) is 0 Å². The molecule has 0 atom stereocenters. The van der Waals surface area contributed by atoms with Crippen LogP contribution in [0.3, 0.4) is 0 Å². The highest BCUT2D eigenvalue weighted by atomic mass is 19.3. The van der Waals surface area contributed by atoms with E-state index in [1.807, 2.05) is 13.8 Å². The Labute approximate surface area is 117 Å². The molecular formula is C14H21F2NO3. The van der Waals surface area contributed by atoms with E-state index in [0.29, 0.717) is 18.7 Å². The molecule has 0 saturated heterocycles. The molecule has 0 spiro atoms. The summed E-state index contributed by atoms with van der Waals surface area (Å²) in [6, 6.07) is 4.98. The fraction of sp³-hybridized carbons (Fsp3) is 0.571. The maximum Gasteiger partial charge on any atom is 0.387 e. The average molecular weight is 289 g/mol. The molecule has 0 saturated carbocycles. The summed E-state index contributed by atoms with van der Waals surface area (Å²) in [5.41, 5.74) is 0.307. The van der Waals surface area contributed by atoms with Crippen LogP contribution in [-0.4, -0.2) is 32.0 Å². The van der Waals surface area contributed by atoms with Crippen LogP contribution in [0.5, 0.6) is 11.5 Å². The van der Waals surface area contributed by atoms with Crippen LogP contribution < -0.4 is 14.8 Å². The molecule has 114 valence electrons. The van der Waals surface area contributed by atoms with Crippen LogP contribution in [-0.2, 0) is 6.54 Å². The SMILES string of the molecule is COc1cccc(CNCC(C)(C)CO)c1OC(F)F. The van der Waals surface area contributed by atoms with Crippen molar-refractivity contribution in [3.8, 4) is 11.5 Å². The quantitative estimate of drug-likeness (QED) is 0.771. The molecule has 1 aromatic carbocycles. The summed E-state index contributed by atoms with van der Waals surface area (Å²) >= 11 is 0. The molecule has 0 heterocycles. The zero-order chi connectivity index (χ0) is 15.2. The second kappa shape index (κ2) is 7.40. The van der Waals surface area contributed by atoms with Gasteiger partial charge in [0.15, 0.2) is 11.5 Å². The van der Waals surface area contributed by atoms with Crippen molar-refractivity contribution < 1.29 is 23.4 Å². The number of methoxy groups -OCH3 is 1. The van der Waals surface area contributed by atoms with E-state index in [4.69, 9.17) is 9.84 Å². The van der Waals surface area contributed by atoms with Crippen LogP contribution >= 0.6 is 0 Å². The van der Waals surface area contributed by atoms with Crippen molar-refractivity contribution in [3.05, 3.63) is 23.8 Å². The van der Waals surface area contributed by atoms with Crippen molar-refractivity contribution >= 4 is 0 Å². The lowest BCUT2D eigenvalue weighted by atomic mass is 9.95. The van der Waals surface area contributed by atoms with Crippen molar-refractivity contribution in [2.24, 2.45) is 5.41 Å². The predicted molar refractivity (Wildman–Crippen MR) is 72.2 cm³/mol. The first-order valence-electron chi connectivity index (χ1n) is 6.32. The van der Waals surface area contributed by atoms with Gasteiger partial charge in [0.2, 0.25) is 0 Å². The standard InChI is InChI=1S/C14H21F2NO3/c1-14(2,9-18)8-17-7-10-5-4-6-11(19-3)12(10)20-13(15)16/h4-6,13,17-18H,7-9H2,1-3H3. The number of alkyl halides is 2. The number of aliphatic hydroxyl groups is 1. The zero-order valence-corrected chi connectivity index (χ0v) is 12.0. The van der Waals surface area contributed by atoms with Gasteiger partial charge in [0.1, 0.15) is 0 Å². The van der Waals surface area contributed by atoms with Crippen molar-refractivity contribution in [1.82, 2.24) is 5.32 Å². The van der Waals surface area contributed by atoms with Gasteiger partial charge in [-0.05, 0) is 6.07 Å². The van der Waals surface area contributed by atoms with E-state index in [2.05, 4.69) is 10.1 Å². The minimum Gasteiger partial charge on any atom is -0.493 e. The van der Waals surface area contributed by atoms with Gasteiger partial charge in [-0.15, -0.1) is 0 Å². The van der Waals surface area contributed by atoms with Crippen LogP contribution in [0.15, 0.2) is 18.2 Å².